The predicted molar refractivity (Wildman–Crippen MR) is 143 cm³/mol. The summed E-state index contributed by atoms with van der Waals surface area (Å²) < 4.78 is 11.7. The van der Waals surface area contributed by atoms with E-state index in [0.29, 0.717) is 35.1 Å². The summed E-state index contributed by atoms with van der Waals surface area (Å²) in [6, 6.07) is 5.14. The van der Waals surface area contributed by atoms with Gasteiger partial charge in [-0.2, -0.15) is 5.26 Å². The first-order chi connectivity index (χ1) is 18.7. The van der Waals surface area contributed by atoms with Crippen molar-refractivity contribution in [3.8, 4) is 17.6 Å². The molecule has 4 unspecified atom stereocenters. The smallest absolute Gasteiger partial charge is 0.255 e. The lowest BCUT2D eigenvalue weighted by molar-refractivity contribution is -0.132. The number of nitrogens with zero attached hydrogens (tertiary/aromatic N) is 1. The molecule has 2 N–H and O–H groups in total. The molecule has 5 fully saturated rings. The van der Waals surface area contributed by atoms with Gasteiger partial charge >= 0.3 is 0 Å². The van der Waals surface area contributed by atoms with Gasteiger partial charge in [-0.3, -0.25) is 9.59 Å². The number of methoxy groups -OCH3 is 1. The van der Waals surface area contributed by atoms with Gasteiger partial charge in [-0.25, -0.2) is 0 Å². The normalized spacial score (nSPS) is 35.1. The predicted octanol–water partition coefficient (Wildman–Crippen LogP) is 4.15. The third-order valence-electron chi connectivity index (χ3n) is 10.6. The molecule has 6 rings (SSSR count). The van der Waals surface area contributed by atoms with Crippen LogP contribution in [0.4, 0.5) is 0 Å². The molecule has 4 atom stereocenters. The Balaban J connectivity index is 1.15. The van der Waals surface area contributed by atoms with Gasteiger partial charge in [0, 0.05) is 24.6 Å². The Labute approximate surface area is 230 Å². The Morgan fingerprint density at radius 1 is 1.13 bits per heavy atom. The monoisotopic (exact) mass is 533 g/mol. The molecule has 8 nitrogen and oxygen atoms in total. The first kappa shape index (κ1) is 26.2. The van der Waals surface area contributed by atoms with Gasteiger partial charge in [-0.05, 0) is 86.5 Å². The van der Waals surface area contributed by atoms with Gasteiger partial charge in [0.25, 0.3) is 5.91 Å². The van der Waals surface area contributed by atoms with Crippen LogP contribution in [0.1, 0.15) is 87.1 Å². The van der Waals surface area contributed by atoms with E-state index in [4.69, 9.17) is 9.47 Å². The van der Waals surface area contributed by atoms with Crippen molar-refractivity contribution in [3.63, 3.8) is 0 Å². The molecule has 39 heavy (non-hydrogen) atoms. The van der Waals surface area contributed by atoms with Gasteiger partial charge in [0.05, 0.1) is 30.3 Å². The molecule has 0 aliphatic heterocycles. The van der Waals surface area contributed by atoms with Gasteiger partial charge < -0.3 is 24.9 Å². The summed E-state index contributed by atoms with van der Waals surface area (Å²) in [4.78, 5) is 38.0. The molecule has 0 saturated heterocycles. The molecule has 1 aromatic carbocycles. The van der Waals surface area contributed by atoms with Crippen LogP contribution in [-0.4, -0.2) is 43.9 Å². The quantitative estimate of drug-likeness (QED) is 0.461. The Kier molecular flexibility index (Phi) is 6.60. The Morgan fingerprint density at radius 3 is 2.51 bits per heavy atom. The second-order valence-electron chi connectivity index (χ2n) is 13.4. The molecule has 2 amide bonds. The Hall–Kier alpha value is -3.08. The Morgan fingerprint density at radius 2 is 1.87 bits per heavy atom. The molecule has 1 aromatic rings. The van der Waals surface area contributed by atoms with E-state index in [1.54, 1.807) is 12.1 Å². The third kappa shape index (κ3) is 4.68. The van der Waals surface area contributed by atoms with Gasteiger partial charge in [0.2, 0.25) is 5.91 Å². The van der Waals surface area contributed by atoms with Crippen LogP contribution < -0.4 is 20.1 Å². The largest absolute Gasteiger partial charge is 0.496 e. The zero-order chi connectivity index (χ0) is 27.4. The van der Waals surface area contributed by atoms with Crippen molar-refractivity contribution in [2.24, 2.45) is 34.5 Å². The standard InChI is InChI=1S/C31H39N3O5/c1-30(6-3-7-30)17-33-29(37)26-19-4-5-20(8-19)27(26)34-28(36)23-10-24(21(15-32)9-25(23)38-2)39-22-13-31(14-22)11-18(12-31)16-35/h9-10,16,18-20,22,26-27H,3-8,11-14,17H2,1-2H3,(H,33,37)(H,34,36). The van der Waals surface area contributed by atoms with E-state index in [2.05, 4.69) is 23.6 Å². The maximum Gasteiger partial charge on any atom is 0.255 e. The van der Waals surface area contributed by atoms with Crippen LogP contribution >= 0.6 is 0 Å². The number of carbonyl (C=O) groups excluding carboxylic acids is 3. The summed E-state index contributed by atoms with van der Waals surface area (Å²) in [6.45, 7) is 2.92. The van der Waals surface area contributed by atoms with Crippen LogP contribution in [0, 0.1) is 45.8 Å². The van der Waals surface area contributed by atoms with Crippen molar-refractivity contribution < 1.29 is 23.9 Å². The third-order valence-corrected chi connectivity index (χ3v) is 10.6. The van der Waals surface area contributed by atoms with Crippen LogP contribution in [0.2, 0.25) is 0 Å². The molecule has 0 heterocycles. The number of ether oxygens (including phenoxy) is 2. The fourth-order valence-electron chi connectivity index (χ4n) is 8.22. The number of aldehydes is 1. The zero-order valence-corrected chi connectivity index (χ0v) is 23.0. The molecule has 5 aliphatic carbocycles. The van der Waals surface area contributed by atoms with Crippen molar-refractivity contribution in [2.45, 2.75) is 83.3 Å². The van der Waals surface area contributed by atoms with E-state index in [9.17, 15) is 19.6 Å². The van der Waals surface area contributed by atoms with Gasteiger partial charge in [-0.1, -0.05) is 13.3 Å². The summed E-state index contributed by atoms with van der Waals surface area (Å²) in [7, 11) is 1.48. The lowest BCUT2D eigenvalue weighted by Gasteiger charge is -2.56. The highest BCUT2D eigenvalue weighted by Crippen LogP contribution is 2.59. The van der Waals surface area contributed by atoms with E-state index < -0.39 is 0 Å². The molecule has 8 heteroatoms. The molecule has 1 spiro atoms. The minimum atomic E-state index is -0.305. The fourth-order valence-corrected chi connectivity index (χ4v) is 8.22. The minimum absolute atomic E-state index is 0.0369. The molecular formula is C31H39N3O5. The maximum atomic E-state index is 13.7. The number of benzene rings is 1. The van der Waals surface area contributed by atoms with Crippen LogP contribution in [-0.2, 0) is 9.59 Å². The minimum Gasteiger partial charge on any atom is -0.496 e. The molecule has 208 valence electrons. The zero-order valence-electron chi connectivity index (χ0n) is 23.0. The maximum absolute atomic E-state index is 13.7. The molecule has 2 bridgehead atoms. The first-order valence-corrected chi connectivity index (χ1v) is 14.6. The summed E-state index contributed by atoms with van der Waals surface area (Å²) in [5, 5.41) is 16.2. The summed E-state index contributed by atoms with van der Waals surface area (Å²) >= 11 is 0. The van der Waals surface area contributed by atoms with Crippen molar-refractivity contribution >= 4 is 18.1 Å². The fraction of sp³-hybridized carbons (Fsp3) is 0.677. The number of rotatable bonds is 9. The van der Waals surface area contributed by atoms with Gasteiger partial charge in [0.1, 0.15) is 23.9 Å². The number of fused-ring (bicyclic) bond motifs is 2. The van der Waals surface area contributed by atoms with E-state index in [-0.39, 0.29) is 52.5 Å². The van der Waals surface area contributed by atoms with Gasteiger partial charge in [0.15, 0.2) is 0 Å². The van der Waals surface area contributed by atoms with Crippen LogP contribution in [0.3, 0.4) is 0 Å². The number of hydrogen-bond donors (Lipinski definition) is 2. The molecular weight excluding hydrogens is 494 g/mol. The molecule has 0 radical (unpaired) electrons. The lowest BCUT2D eigenvalue weighted by Crippen LogP contribution is -2.52. The number of nitrogens with one attached hydrogen (secondary N) is 2. The van der Waals surface area contributed by atoms with Crippen LogP contribution in [0.5, 0.6) is 11.5 Å². The number of carbonyl (C=O) groups is 3. The number of hydrogen-bond acceptors (Lipinski definition) is 6. The molecule has 0 aromatic heterocycles. The topological polar surface area (TPSA) is 118 Å². The van der Waals surface area contributed by atoms with Crippen molar-refractivity contribution in [1.29, 1.82) is 5.26 Å². The first-order valence-electron chi connectivity index (χ1n) is 14.6. The second-order valence-corrected chi connectivity index (χ2v) is 13.4. The van der Waals surface area contributed by atoms with Crippen molar-refractivity contribution in [3.05, 3.63) is 23.3 Å². The number of nitriles is 1. The highest BCUT2D eigenvalue weighted by molar-refractivity contribution is 5.98. The van der Waals surface area contributed by atoms with Crippen LogP contribution in [0.25, 0.3) is 0 Å². The molecule has 5 aliphatic rings. The Bertz CT molecular complexity index is 1200. The highest BCUT2D eigenvalue weighted by atomic mass is 16.5. The van der Waals surface area contributed by atoms with E-state index in [0.717, 1.165) is 64.1 Å². The second kappa shape index (κ2) is 9.83. The average molecular weight is 534 g/mol. The lowest BCUT2D eigenvalue weighted by atomic mass is 9.51. The SMILES string of the molecule is COc1cc(C#N)c(OC2CC3(CC(C=O)C3)C2)cc1C(=O)NC1C2CCC(C2)C1C(=O)NCC1(C)CCC1. The summed E-state index contributed by atoms with van der Waals surface area (Å²) in [5.74, 6) is 0.978. The summed E-state index contributed by atoms with van der Waals surface area (Å²) in [6.07, 6.45) is 11.1. The molecule has 5 saturated carbocycles. The van der Waals surface area contributed by atoms with E-state index in [1.807, 2.05) is 0 Å². The van der Waals surface area contributed by atoms with Crippen molar-refractivity contribution in [2.75, 3.05) is 13.7 Å². The van der Waals surface area contributed by atoms with E-state index in [1.165, 1.54) is 13.5 Å². The highest BCUT2D eigenvalue weighted by Gasteiger charge is 2.54. The van der Waals surface area contributed by atoms with Gasteiger partial charge in [-0.15, -0.1) is 0 Å². The van der Waals surface area contributed by atoms with Crippen LogP contribution in [0.15, 0.2) is 12.1 Å². The van der Waals surface area contributed by atoms with Crippen molar-refractivity contribution in [1.82, 2.24) is 10.6 Å². The van der Waals surface area contributed by atoms with E-state index >= 15 is 0 Å². The average Bonchev–Trinajstić information content (AvgIpc) is 3.48. The number of amides is 2. The summed E-state index contributed by atoms with van der Waals surface area (Å²) in [5.41, 5.74) is 1.04.